The van der Waals surface area contributed by atoms with E-state index in [-0.39, 0.29) is 12.5 Å². The number of urea groups is 1. The van der Waals surface area contributed by atoms with Crippen LogP contribution in [0.5, 0.6) is 0 Å². The first kappa shape index (κ1) is 8.94. The van der Waals surface area contributed by atoms with Crippen molar-refractivity contribution in [2.75, 3.05) is 6.54 Å². The number of nitrogens with zero attached hydrogens (tertiary/aromatic N) is 1. The van der Waals surface area contributed by atoms with Gasteiger partial charge in [-0.15, -0.1) is 0 Å². The largest absolute Gasteiger partial charge is 0.351 e. The first-order valence-corrected chi connectivity index (χ1v) is 2.95. The number of amides is 3. The molecule has 0 aromatic rings. The molecular formula is C6H11N2O2. The maximum atomic E-state index is 10.6. The number of carbonyl (C=O) groups excluding carboxylic acids is 2. The standard InChI is InChI=1S/C6H11N2O2/c1-3-4-8(5(2)9)6(7)10/h3H,4H2,1-2H3,(H2,7,10). The molecule has 0 aliphatic rings. The van der Waals surface area contributed by atoms with Crippen molar-refractivity contribution in [1.29, 1.82) is 0 Å². The summed E-state index contributed by atoms with van der Waals surface area (Å²) in [4.78, 5) is 22.0. The van der Waals surface area contributed by atoms with Crippen molar-refractivity contribution in [2.24, 2.45) is 5.73 Å². The highest BCUT2D eigenvalue weighted by Crippen LogP contribution is 1.89. The highest BCUT2D eigenvalue weighted by molar-refractivity contribution is 5.92. The number of nitrogens with two attached hydrogens (primary N) is 1. The Morgan fingerprint density at radius 1 is 1.60 bits per heavy atom. The van der Waals surface area contributed by atoms with Crippen LogP contribution in [0.2, 0.25) is 0 Å². The summed E-state index contributed by atoms with van der Waals surface area (Å²) < 4.78 is 0. The van der Waals surface area contributed by atoms with E-state index in [2.05, 4.69) is 0 Å². The lowest BCUT2D eigenvalue weighted by Crippen LogP contribution is -2.39. The number of hydrogen-bond donors (Lipinski definition) is 1. The van der Waals surface area contributed by atoms with Crippen LogP contribution in [0.4, 0.5) is 4.79 Å². The molecule has 3 amide bonds. The van der Waals surface area contributed by atoms with Crippen molar-refractivity contribution in [3.05, 3.63) is 6.42 Å². The predicted octanol–water partition coefficient (Wildman–Crippen LogP) is 0.138. The number of primary amides is 1. The predicted molar refractivity (Wildman–Crippen MR) is 36.9 cm³/mol. The van der Waals surface area contributed by atoms with Crippen LogP contribution in [-0.4, -0.2) is 23.4 Å². The van der Waals surface area contributed by atoms with Gasteiger partial charge in [0.2, 0.25) is 5.91 Å². The van der Waals surface area contributed by atoms with Crippen molar-refractivity contribution in [3.63, 3.8) is 0 Å². The van der Waals surface area contributed by atoms with Crippen LogP contribution >= 0.6 is 0 Å². The molecule has 0 unspecified atom stereocenters. The fraction of sp³-hybridized carbons (Fsp3) is 0.500. The molecule has 0 aliphatic heterocycles. The zero-order valence-electron chi connectivity index (χ0n) is 6.13. The summed E-state index contributed by atoms with van der Waals surface area (Å²) >= 11 is 0. The Bertz CT molecular complexity index is 131. The summed E-state index contributed by atoms with van der Waals surface area (Å²) in [6.45, 7) is 3.33. The highest BCUT2D eigenvalue weighted by Gasteiger charge is 2.11. The molecule has 0 saturated heterocycles. The Kier molecular flexibility index (Phi) is 3.46. The fourth-order valence-corrected chi connectivity index (χ4v) is 0.556. The molecule has 0 rings (SSSR count). The summed E-state index contributed by atoms with van der Waals surface area (Å²) in [5, 5.41) is 0. The van der Waals surface area contributed by atoms with Gasteiger partial charge in [-0.2, -0.15) is 0 Å². The quantitative estimate of drug-likeness (QED) is 0.597. The van der Waals surface area contributed by atoms with E-state index in [9.17, 15) is 9.59 Å². The van der Waals surface area contributed by atoms with E-state index in [0.717, 1.165) is 4.90 Å². The molecule has 4 heteroatoms. The minimum atomic E-state index is -0.703. The molecule has 0 heterocycles. The van der Waals surface area contributed by atoms with Gasteiger partial charge in [-0.25, -0.2) is 4.79 Å². The molecule has 0 aromatic heterocycles. The van der Waals surface area contributed by atoms with Gasteiger partial charge in [0.1, 0.15) is 0 Å². The Balaban J connectivity index is 3.98. The number of carbonyl (C=O) groups is 2. The summed E-state index contributed by atoms with van der Waals surface area (Å²) in [6.07, 6.45) is 1.69. The molecule has 0 bridgehead atoms. The molecule has 0 aromatic carbocycles. The monoisotopic (exact) mass is 143 g/mol. The Labute approximate surface area is 60.0 Å². The third-order valence-electron chi connectivity index (χ3n) is 1.01. The maximum absolute atomic E-state index is 10.6. The number of hydrogen-bond acceptors (Lipinski definition) is 2. The second-order valence-electron chi connectivity index (χ2n) is 1.88. The van der Waals surface area contributed by atoms with E-state index in [1.807, 2.05) is 0 Å². The van der Waals surface area contributed by atoms with Crippen LogP contribution in [0.25, 0.3) is 0 Å². The highest BCUT2D eigenvalue weighted by atomic mass is 16.2. The van der Waals surface area contributed by atoms with Gasteiger partial charge >= 0.3 is 6.03 Å². The van der Waals surface area contributed by atoms with E-state index in [1.54, 1.807) is 13.3 Å². The molecule has 0 aliphatic carbocycles. The first-order chi connectivity index (χ1) is 4.59. The Hall–Kier alpha value is -1.06. The Morgan fingerprint density at radius 2 is 2.10 bits per heavy atom. The van der Waals surface area contributed by atoms with Crippen molar-refractivity contribution in [3.8, 4) is 0 Å². The van der Waals surface area contributed by atoms with E-state index in [0.29, 0.717) is 0 Å². The molecule has 0 saturated carbocycles. The van der Waals surface area contributed by atoms with Gasteiger partial charge in [-0.1, -0.05) is 6.92 Å². The van der Waals surface area contributed by atoms with Crippen LogP contribution in [-0.2, 0) is 4.79 Å². The lowest BCUT2D eigenvalue weighted by atomic mass is 10.4. The van der Waals surface area contributed by atoms with Gasteiger partial charge in [-0.3, -0.25) is 9.69 Å². The molecule has 0 spiro atoms. The van der Waals surface area contributed by atoms with Crippen LogP contribution < -0.4 is 5.73 Å². The van der Waals surface area contributed by atoms with Gasteiger partial charge in [-0.05, 0) is 6.42 Å². The van der Waals surface area contributed by atoms with Crippen LogP contribution in [0.3, 0.4) is 0 Å². The fourth-order valence-electron chi connectivity index (χ4n) is 0.556. The SMILES string of the molecule is C[CH]CN(C(C)=O)C(N)=O. The van der Waals surface area contributed by atoms with Gasteiger partial charge in [0.15, 0.2) is 0 Å². The van der Waals surface area contributed by atoms with Gasteiger partial charge < -0.3 is 5.73 Å². The lowest BCUT2D eigenvalue weighted by molar-refractivity contribution is -0.125. The van der Waals surface area contributed by atoms with E-state index in [1.165, 1.54) is 6.92 Å². The molecule has 10 heavy (non-hydrogen) atoms. The molecule has 4 nitrogen and oxygen atoms in total. The number of rotatable bonds is 2. The van der Waals surface area contributed by atoms with Crippen LogP contribution in [0, 0.1) is 6.42 Å². The summed E-state index contributed by atoms with van der Waals surface area (Å²) in [6, 6.07) is -0.703. The van der Waals surface area contributed by atoms with Crippen molar-refractivity contribution < 1.29 is 9.59 Å². The third kappa shape index (κ3) is 2.48. The van der Waals surface area contributed by atoms with E-state index in [4.69, 9.17) is 5.73 Å². The second-order valence-corrected chi connectivity index (χ2v) is 1.88. The smallest absolute Gasteiger partial charge is 0.321 e. The average molecular weight is 143 g/mol. The Morgan fingerprint density at radius 3 is 2.20 bits per heavy atom. The molecule has 0 atom stereocenters. The molecule has 0 fully saturated rings. The minimum Gasteiger partial charge on any atom is -0.351 e. The van der Waals surface area contributed by atoms with Crippen molar-refractivity contribution in [2.45, 2.75) is 13.8 Å². The minimum absolute atomic E-state index is 0.282. The molecule has 57 valence electrons. The van der Waals surface area contributed by atoms with E-state index < -0.39 is 6.03 Å². The van der Waals surface area contributed by atoms with Crippen LogP contribution in [0.1, 0.15) is 13.8 Å². The second kappa shape index (κ2) is 3.87. The van der Waals surface area contributed by atoms with Gasteiger partial charge in [0.25, 0.3) is 0 Å². The molecule has 2 N–H and O–H groups in total. The number of imide groups is 1. The van der Waals surface area contributed by atoms with Gasteiger partial charge in [0, 0.05) is 13.5 Å². The summed E-state index contributed by atoms with van der Waals surface area (Å²) in [5.74, 6) is -0.328. The zero-order valence-corrected chi connectivity index (χ0v) is 6.13. The maximum Gasteiger partial charge on any atom is 0.321 e. The van der Waals surface area contributed by atoms with E-state index >= 15 is 0 Å². The zero-order chi connectivity index (χ0) is 8.15. The summed E-state index contributed by atoms with van der Waals surface area (Å²) in [5.41, 5.74) is 4.87. The average Bonchev–Trinajstić information content (AvgIpc) is 1.81. The van der Waals surface area contributed by atoms with Crippen molar-refractivity contribution in [1.82, 2.24) is 4.90 Å². The van der Waals surface area contributed by atoms with Gasteiger partial charge in [0.05, 0.1) is 0 Å². The molecule has 1 radical (unpaired) electrons. The molecular weight excluding hydrogens is 132 g/mol. The normalized spacial score (nSPS) is 9.00. The lowest BCUT2D eigenvalue weighted by Gasteiger charge is -2.13. The first-order valence-electron chi connectivity index (χ1n) is 2.95. The van der Waals surface area contributed by atoms with Crippen molar-refractivity contribution >= 4 is 11.9 Å². The third-order valence-corrected chi connectivity index (χ3v) is 1.01. The summed E-state index contributed by atoms with van der Waals surface area (Å²) in [7, 11) is 0. The van der Waals surface area contributed by atoms with Crippen LogP contribution in [0.15, 0.2) is 0 Å². The topological polar surface area (TPSA) is 63.4 Å².